The number of amides is 3. The average Bonchev–Trinajstić information content (AvgIpc) is 3.15. The number of piperidine rings is 4. The van der Waals surface area contributed by atoms with Gasteiger partial charge in [0.2, 0.25) is 11.8 Å². The molecule has 282 valence electrons. The van der Waals surface area contributed by atoms with Crippen molar-refractivity contribution in [1.82, 2.24) is 24.9 Å². The van der Waals surface area contributed by atoms with Crippen LogP contribution in [0.4, 0.5) is 11.4 Å². The summed E-state index contributed by atoms with van der Waals surface area (Å²) in [6, 6.07) is 12.4. The summed E-state index contributed by atoms with van der Waals surface area (Å²) in [7, 11) is 5.31. The fraction of sp³-hybridized carbons (Fsp3) is 0.525. The first-order chi connectivity index (χ1) is 25.4. The van der Waals surface area contributed by atoms with Crippen molar-refractivity contribution >= 4 is 40.7 Å². The zero-order chi connectivity index (χ0) is 37.4. The number of nitrogens with one attached hydrogen (secondary N) is 2. The highest BCUT2D eigenvalue weighted by molar-refractivity contribution is 6.32. The summed E-state index contributed by atoms with van der Waals surface area (Å²) in [4.78, 5) is 57.0. The number of halogens is 1. The number of aromatic nitrogens is 2. The number of nitrogens with zero attached hydrogens (tertiary/aromatic N) is 5. The molecule has 53 heavy (non-hydrogen) atoms. The Morgan fingerprint density at radius 3 is 2.38 bits per heavy atom. The van der Waals surface area contributed by atoms with Gasteiger partial charge < -0.3 is 24.8 Å². The lowest BCUT2D eigenvalue weighted by Crippen LogP contribution is -2.48. The number of hydrogen-bond donors (Lipinski definition) is 2. The van der Waals surface area contributed by atoms with Crippen molar-refractivity contribution in [1.29, 1.82) is 0 Å². The van der Waals surface area contributed by atoms with Gasteiger partial charge in [-0.1, -0.05) is 23.7 Å². The van der Waals surface area contributed by atoms with Crippen molar-refractivity contribution in [3.8, 4) is 5.75 Å². The van der Waals surface area contributed by atoms with E-state index in [-0.39, 0.29) is 51.6 Å². The molecule has 4 aliphatic heterocycles. The zero-order valence-corrected chi connectivity index (χ0v) is 31.9. The first-order valence-electron chi connectivity index (χ1n) is 18.8. The summed E-state index contributed by atoms with van der Waals surface area (Å²) in [5.41, 5.74) is 5.34. The molecule has 13 heteroatoms. The summed E-state index contributed by atoms with van der Waals surface area (Å²) in [6.45, 7) is 7.11. The van der Waals surface area contributed by atoms with Crippen LogP contribution in [0.1, 0.15) is 83.8 Å². The Morgan fingerprint density at radius 2 is 1.70 bits per heavy atom. The van der Waals surface area contributed by atoms with E-state index in [0.717, 1.165) is 93.8 Å². The van der Waals surface area contributed by atoms with Crippen LogP contribution in [-0.4, -0.2) is 96.8 Å². The Hall–Kier alpha value is -4.42. The maximum Gasteiger partial charge on any atom is 0.287 e. The third-order valence-corrected chi connectivity index (χ3v) is 12.5. The topological polar surface area (TPSA) is 129 Å². The predicted molar refractivity (Wildman–Crippen MR) is 205 cm³/mol. The number of ether oxygens (including phenoxy) is 1. The molecule has 0 bridgehead atoms. The smallest absolute Gasteiger partial charge is 0.287 e. The summed E-state index contributed by atoms with van der Waals surface area (Å²) >= 11 is 6.33. The second-order valence-corrected chi connectivity index (χ2v) is 16.0. The van der Waals surface area contributed by atoms with E-state index in [1.165, 1.54) is 10.2 Å². The van der Waals surface area contributed by atoms with Gasteiger partial charge in [0.25, 0.3) is 11.5 Å². The number of aryl methyl sites for hydroxylation is 2. The molecular formula is C40H50ClN7O5. The van der Waals surface area contributed by atoms with Gasteiger partial charge in [-0.3, -0.25) is 24.5 Å². The van der Waals surface area contributed by atoms with Crippen molar-refractivity contribution in [2.24, 2.45) is 12.5 Å². The molecule has 12 nitrogen and oxygen atoms in total. The molecule has 4 saturated heterocycles. The number of likely N-dealkylation sites (tertiary alicyclic amines) is 2. The van der Waals surface area contributed by atoms with Crippen molar-refractivity contribution in [2.75, 3.05) is 63.6 Å². The van der Waals surface area contributed by atoms with Crippen LogP contribution in [0.15, 0.2) is 47.4 Å². The van der Waals surface area contributed by atoms with E-state index in [1.807, 2.05) is 30.0 Å². The Bertz CT molecular complexity index is 1930. The Balaban J connectivity index is 0.929. The molecule has 1 spiro atoms. The number of benzene rings is 2. The summed E-state index contributed by atoms with van der Waals surface area (Å²) in [5, 5.41) is 10.2. The van der Waals surface area contributed by atoms with E-state index in [1.54, 1.807) is 20.4 Å². The summed E-state index contributed by atoms with van der Waals surface area (Å²) in [5.74, 6) is 0.195. The third-order valence-electron chi connectivity index (χ3n) is 12.1. The Kier molecular flexibility index (Phi) is 10.5. The van der Waals surface area contributed by atoms with Gasteiger partial charge in [-0.05, 0) is 93.2 Å². The number of likely N-dealkylation sites (N-methyl/N-ethyl adjacent to an activating group) is 1. The summed E-state index contributed by atoms with van der Waals surface area (Å²) in [6.07, 6.45) is 7.42. The molecule has 2 aromatic carbocycles. The second-order valence-electron chi connectivity index (χ2n) is 15.6. The van der Waals surface area contributed by atoms with Gasteiger partial charge in [0.05, 0.1) is 24.9 Å². The maximum absolute atomic E-state index is 13.7. The van der Waals surface area contributed by atoms with E-state index in [0.29, 0.717) is 24.3 Å². The van der Waals surface area contributed by atoms with Gasteiger partial charge in [0.1, 0.15) is 10.8 Å². The Labute approximate surface area is 315 Å². The molecule has 3 aromatic rings. The molecule has 4 aliphatic rings. The van der Waals surface area contributed by atoms with Gasteiger partial charge >= 0.3 is 0 Å². The van der Waals surface area contributed by atoms with Crippen molar-refractivity contribution in [2.45, 2.75) is 69.7 Å². The molecular weight excluding hydrogens is 694 g/mol. The first-order valence-corrected chi connectivity index (χ1v) is 19.1. The highest BCUT2D eigenvalue weighted by atomic mass is 35.5. The molecule has 0 saturated carbocycles. The van der Waals surface area contributed by atoms with Crippen LogP contribution in [0, 0.1) is 12.3 Å². The van der Waals surface area contributed by atoms with Gasteiger partial charge in [-0.25, -0.2) is 4.68 Å². The van der Waals surface area contributed by atoms with Crippen LogP contribution in [0.2, 0.25) is 5.02 Å². The lowest BCUT2D eigenvalue weighted by atomic mass is 9.71. The molecule has 3 atom stereocenters. The third kappa shape index (κ3) is 7.66. The lowest BCUT2D eigenvalue weighted by molar-refractivity contribution is -0.134. The van der Waals surface area contributed by atoms with E-state index < -0.39 is 0 Å². The molecule has 4 fully saturated rings. The van der Waals surface area contributed by atoms with E-state index in [4.69, 9.17) is 16.3 Å². The number of rotatable bonds is 7. The zero-order valence-electron chi connectivity index (χ0n) is 31.1. The van der Waals surface area contributed by atoms with E-state index in [2.05, 4.69) is 50.8 Å². The van der Waals surface area contributed by atoms with Gasteiger partial charge in [-0.15, -0.1) is 0 Å². The quantitative estimate of drug-likeness (QED) is 0.331. The molecule has 0 radical (unpaired) electrons. The van der Waals surface area contributed by atoms with Crippen LogP contribution < -0.4 is 25.8 Å². The van der Waals surface area contributed by atoms with Gasteiger partial charge in [0, 0.05) is 81.7 Å². The average molecular weight is 744 g/mol. The van der Waals surface area contributed by atoms with Crippen LogP contribution in [0.25, 0.3) is 0 Å². The predicted octanol–water partition coefficient (Wildman–Crippen LogP) is 4.69. The molecule has 0 aliphatic carbocycles. The summed E-state index contributed by atoms with van der Waals surface area (Å²) < 4.78 is 7.02. The first kappa shape index (κ1) is 36.9. The van der Waals surface area contributed by atoms with E-state index in [9.17, 15) is 19.2 Å². The number of anilines is 2. The Morgan fingerprint density at radius 1 is 1.00 bits per heavy atom. The minimum atomic E-state index is -0.389. The van der Waals surface area contributed by atoms with Gasteiger partial charge in [-0.2, -0.15) is 5.10 Å². The number of carbonyl (C=O) groups excluding carboxylic acids is 3. The molecule has 3 amide bonds. The largest absolute Gasteiger partial charge is 0.496 e. The van der Waals surface area contributed by atoms with Crippen molar-refractivity contribution in [3.63, 3.8) is 0 Å². The minimum absolute atomic E-state index is 0.0932. The van der Waals surface area contributed by atoms with Crippen LogP contribution in [0.5, 0.6) is 5.75 Å². The lowest BCUT2D eigenvalue weighted by Gasteiger charge is -2.47. The minimum Gasteiger partial charge on any atom is -0.496 e. The fourth-order valence-electron chi connectivity index (χ4n) is 9.02. The number of imide groups is 1. The fourth-order valence-corrected chi connectivity index (χ4v) is 9.24. The molecule has 1 unspecified atom stereocenters. The normalized spacial score (nSPS) is 23.5. The van der Waals surface area contributed by atoms with Crippen molar-refractivity contribution in [3.05, 3.63) is 80.2 Å². The number of methoxy groups -OCH3 is 1. The van der Waals surface area contributed by atoms with Crippen molar-refractivity contribution < 1.29 is 19.1 Å². The number of carbonyl (C=O) groups is 3. The van der Waals surface area contributed by atoms with Crippen LogP contribution in [0.3, 0.4) is 0 Å². The highest BCUT2D eigenvalue weighted by Crippen LogP contribution is 2.44. The van der Waals surface area contributed by atoms with Gasteiger partial charge in [0.15, 0.2) is 0 Å². The SMILES string of the molecule is COc1cc(N2CCC3(CCN(C(=O)c4ccc([C@H]5C[C@@H](Nc6cnn(C)c(=O)c6Cl)CN(C)C5)cc4)CC3)CC2)cc(C)c1C1CCC(=O)NC1=O. The molecule has 1 aromatic heterocycles. The standard InChI is InChI=1S/C40H50ClN7O5/c1-25-19-30(21-33(53-4)35(25)31-9-10-34(49)44-37(31)50)47-15-11-40(12-16-47)13-17-48(18-14-40)38(51)27-7-5-26(6-8-27)28-20-29(24-45(2)23-28)43-32-22-42-46(3)39(52)36(32)41/h5-8,19,21-22,28-29,31,43H,9-18,20,23-24H2,1-4H3,(H,44,49,50)/t28-,29+,31?/m0/s1. The molecule has 7 rings (SSSR count). The highest BCUT2D eigenvalue weighted by Gasteiger charge is 2.39. The molecule has 2 N–H and O–H groups in total. The van der Waals surface area contributed by atoms with Crippen LogP contribution >= 0.6 is 11.6 Å². The monoisotopic (exact) mass is 743 g/mol. The number of hydrogen-bond acceptors (Lipinski definition) is 9. The van der Waals surface area contributed by atoms with Crippen LogP contribution in [-0.2, 0) is 16.6 Å². The second kappa shape index (κ2) is 15.1. The molecule has 5 heterocycles. The maximum atomic E-state index is 13.7. The van der Waals surface area contributed by atoms with E-state index >= 15 is 0 Å².